The fourth-order valence-electron chi connectivity index (χ4n) is 3.58. The second kappa shape index (κ2) is 10.2. The predicted octanol–water partition coefficient (Wildman–Crippen LogP) is 2.58. The van der Waals surface area contributed by atoms with E-state index in [0.717, 1.165) is 31.9 Å². The maximum absolute atomic E-state index is 13.1. The van der Waals surface area contributed by atoms with Gasteiger partial charge in [-0.15, -0.1) is 0 Å². The van der Waals surface area contributed by atoms with Gasteiger partial charge in [-0.1, -0.05) is 6.92 Å². The average Bonchev–Trinajstić information content (AvgIpc) is 2.74. The molecule has 0 unspecified atom stereocenters. The highest BCUT2D eigenvalue weighted by Crippen LogP contribution is 2.20. The molecule has 1 amide bonds. The zero-order chi connectivity index (χ0) is 22.4. The van der Waals surface area contributed by atoms with E-state index in [2.05, 4.69) is 19.8 Å². The number of amides is 1. The SMILES string of the molecule is CCC(=O)Nc1ccc(S(=O)(=O)NCCN2CCN(c3ccc(F)cc3)CC2)c(C)c1. The number of rotatable bonds is 8. The molecule has 168 valence electrons. The van der Waals surface area contributed by atoms with Crippen LogP contribution in [0.1, 0.15) is 18.9 Å². The van der Waals surface area contributed by atoms with Gasteiger partial charge in [0.1, 0.15) is 5.82 Å². The summed E-state index contributed by atoms with van der Waals surface area (Å²) < 4.78 is 41.1. The van der Waals surface area contributed by atoms with E-state index in [1.807, 2.05) is 0 Å². The minimum atomic E-state index is -3.64. The first-order valence-corrected chi connectivity index (χ1v) is 11.9. The topological polar surface area (TPSA) is 81.7 Å². The largest absolute Gasteiger partial charge is 0.369 e. The summed E-state index contributed by atoms with van der Waals surface area (Å²) in [5, 5.41) is 2.73. The molecule has 0 bridgehead atoms. The summed E-state index contributed by atoms with van der Waals surface area (Å²) in [5.74, 6) is -0.363. The Bertz CT molecular complexity index is 1000. The molecule has 0 atom stereocenters. The van der Waals surface area contributed by atoms with Gasteiger partial charge < -0.3 is 10.2 Å². The number of hydrogen-bond acceptors (Lipinski definition) is 5. The molecule has 1 aliphatic rings. The third kappa shape index (κ3) is 6.25. The van der Waals surface area contributed by atoms with Crippen LogP contribution in [0, 0.1) is 12.7 Å². The summed E-state index contributed by atoms with van der Waals surface area (Å²) in [6.07, 6.45) is 0.360. The molecule has 0 spiro atoms. The molecule has 3 rings (SSSR count). The third-order valence-electron chi connectivity index (χ3n) is 5.35. The van der Waals surface area contributed by atoms with E-state index in [-0.39, 0.29) is 16.6 Å². The number of benzene rings is 2. The normalized spacial score (nSPS) is 15.1. The first-order valence-electron chi connectivity index (χ1n) is 10.4. The van der Waals surface area contributed by atoms with E-state index < -0.39 is 10.0 Å². The Morgan fingerprint density at radius 3 is 2.35 bits per heavy atom. The number of hydrogen-bond donors (Lipinski definition) is 2. The molecule has 0 aliphatic carbocycles. The highest BCUT2D eigenvalue weighted by atomic mass is 32.2. The van der Waals surface area contributed by atoms with Crippen LogP contribution in [-0.2, 0) is 14.8 Å². The molecule has 1 fully saturated rings. The van der Waals surface area contributed by atoms with Gasteiger partial charge in [-0.2, -0.15) is 0 Å². The van der Waals surface area contributed by atoms with Crippen LogP contribution >= 0.6 is 0 Å². The summed E-state index contributed by atoms with van der Waals surface area (Å²) >= 11 is 0. The number of piperazine rings is 1. The van der Waals surface area contributed by atoms with Crippen LogP contribution < -0.4 is 14.9 Å². The molecule has 7 nitrogen and oxygen atoms in total. The quantitative estimate of drug-likeness (QED) is 0.649. The second-order valence-electron chi connectivity index (χ2n) is 7.58. The van der Waals surface area contributed by atoms with Crippen LogP contribution in [0.2, 0.25) is 0 Å². The van der Waals surface area contributed by atoms with Gasteiger partial charge in [0.2, 0.25) is 15.9 Å². The van der Waals surface area contributed by atoms with Crippen molar-refractivity contribution in [1.82, 2.24) is 9.62 Å². The number of sulfonamides is 1. The number of carbonyl (C=O) groups excluding carboxylic acids is 1. The molecular formula is C22H29FN4O3S. The summed E-state index contributed by atoms with van der Waals surface area (Å²) in [4.78, 5) is 16.1. The Balaban J connectivity index is 1.49. The summed E-state index contributed by atoms with van der Waals surface area (Å²) in [5.41, 5.74) is 2.16. The maximum atomic E-state index is 13.1. The van der Waals surface area contributed by atoms with Crippen LogP contribution in [0.5, 0.6) is 0 Å². The van der Waals surface area contributed by atoms with Crippen molar-refractivity contribution in [2.45, 2.75) is 25.2 Å². The molecule has 0 saturated carbocycles. The summed E-state index contributed by atoms with van der Waals surface area (Å²) in [6, 6.07) is 11.3. The van der Waals surface area contributed by atoms with Crippen molar-refractivity contribution in [3.8, 4) is 0 Å². The number of carbonyl (C=O) groups is 1. The lowest BCUT2D eigenvalue weighted by Gasteiger charge is -2.36. The molecule has 9 heteroatoms. The zero-order valence-electron chi connectivity index (χ0n) is 17.9. The first-order chi connectivity index (χ1) is 14.8. The second-order valence-corrected chi connectivity index (χ2v) is 9.32. The van der Waals surface area contributed by atoms with Gasteiger partial charge in [-0.3, -0.25) is 9.69 Å². The van der Waals surface area contributed by atoms with Gasteiger partial charge in [0, 0.05) is 57.1 Å². The van der Waals surface area contributed by atoms with Crippen molar-refractivity contribution in [3.05, 3.63) is 53.8 Å². The van der Waals surface area contributed by atoms with Gasteiger partial charge in [-0.25, -0.2) is 17.5 Å². The van der Waals surface area contributed by atoms with E-state index in [4.69, 9.17) is 0 Å². The van der Waals surface area contributed by atoms with Crippen molar-refractivity contribution < 1.29 is 17.6 Å². The summed E-state index contributed by atoms with van der Waals surface area (Å²) in [6.45, 7) is 7.63. The Morgan fingerprint density at radius 2 is 1.74 bits per heavy atom. The molecule has 31 heavy (non-hydrogen) atoms. The molecule has 1 heterocycles. The smallest absolute Gasteiger partial charge is 0.240 e. The van der Waals surface area contributed by atoms with Crippen LogP contribution in [-0.4, -0.2) is 58.5 Å². The highest BCUT2D eigenvalue weighted by Gasteiger charge is 2.20. The van der Waals surface area contributed by atoms with Gasteiger partial charge in [0.05, 0.1) is 4.90 Å². The molecule has 2 N–H and O–H groups in total. The average molecular weight is 449 g/mol. The lowest BCUT2D eigenvalue weighted by atomic mass is 10.2. The van der Waals surface area contributed by atoms with Crippen molar-refractivity contribution in [1.29, 1.82) is 0 Å². The molecule has 2 aromatic carbocycles. The molecule has 0 radical (unpaired) electrons. The third-order valence-corrected chi connectivity index (χ3v) is 6.97. The fourth-order valence-corrected chi connectivity index (χ4v) is 4.82. The lowest BCUT2D eigenvalue weighted by Crippen LogP contribution is -2.48. The van der Waals surface area contributed by atoms with Gasteiger partial charge in [0.25, 0.3) is 0 Å². The van der Waals surface area contributed by atoms with Crippen LogP contribution in [0.15, 0.2) is 47.4 Å². The monoisotopic (exact) mass is 448 g/mol. The van der Waals surface area contributed by atoms with Crippen LogP contribution in [0.4, 0.5) is 15.8 Å². The molecular weight excluding hydrogens is 419 g/mol. The van der Waals surface area contributed by atoms with E-state index in [1.165, 1.54) is 18.2 Å². The molecule has 1 saturated heterocycles. The minimum absolute atomic E-state index is 0.118. The number of halogens is 1. The highest BCUT2D eigenvalue weighted by molar-refractivity contribution is 7.89. The number of anilines is 2. The van der Waals surface area contributed by atoms with Crippen molar-refractivity contribution in [3.63, 3.8) is 0 Å². The zero-order valence-corrected chi connectivity index (χ0v) is 18.7. The van der Waals surface area contributed by atoms with Crippen molar-refractivity contribution in [2.75, 3.05) is 49.5 Å². The molecule has 1 aliphatic heterocycles. The predicted molar refractivity (Wildman–Crippen MR) is 120 cm³/mol. The Hall–Kier alpha value is -2.49. The Morgan fingerprint density at radius 1 is 1.06 bits per heavy atom. The first kappa shape index (κ1) is 23.2. The molecule has 0 aromatic heterocycles. The minimum Gasteiger partial charge on any atom is -0.369 e. The summed E-state index contributed by atoms with van der Waals surface area (Å²) in [7, 11) is -3.64. The number of nitrogens with one attached hydrogen (secondary N) is 2. The van der Waals surface area contributed by atoms with Crippen LogP contribution in [0.3, 0.4) is 0 Å². The number of aryl methyl sites for hydroxylation is 1. The standard InChI is InChI=1S/C22H29FN4O3S/c1-3-22(28)25-19-6-9-21(17(2)16-19)31(29,30)24-10-11-26-12-14-27(15-13-26)20-7-4-18(23)5-8-20/h4-9,16,24H,3,10-15H2,1-2H3,(H,25,28). The van der Waals surface area contributed by atoms with Crippen molar-refractivity contribution >= 4 is 27.3 Å². The van der Waals surface area contributed by atoms with E-state index >= 15 is 0 Å². The maximum Gasteiger partial charge on any atom is 0.240 e. The number of nitrogens with zero attached hydrogens (tertiary/aromatic N) is 2. The van der Waals surface area contributed by atoms with Crippen molar-refractivity contribution in [2.24, 2.45) is 0 Å². The van der Waals surface area contributed by atoms with Gasteiger partial charge in [0.15, 0.2) is 0 Å². The van der Waals surface area contributed by atoms with Crippen LogP contribution in [0.25, 0.3) is 0 Å². The van der Waals surface area contributed by atoms with E-state index in [9.17, 15) is 17.6 Å². The molecule has 2 aromatic rings. The van der Waals surface area contributed by atoms with Gasteiger partial charge >= 0.3 is 0 Å². The fraction of sp³-hybridized carbons (Fsp3) is 0.409. The van der Waals surface area contributed by atoms with Gasteiger partial charge in [-0.05, 0) is 55.0 Å². The van der Waals surface area contributed by atoms with E-state index in [0.29, 0.717) is 30.8 Å². The Labute approximate surface area is 183 Å². The van der Waals surface area contributed by atoms with E-state index in [1.54, 1.807) is 38.1 Å². The lowest BCUT2D eigenvalue weighted by molar-refractivity contribution is -0.115. The Kier molecular flexibility index (Phi) is 7.64.